The van der Waals surface area contributed by atoms with Crippen LogP contribution in [0.2, 0.25) is 0 Å². The van der Waals surface area contributed by atoms with E-state index in [1.54, 1.807) is 52.0 Å². The molecule has 4 nitrogen and oxygen atoms in total. The van der Waals surface area contributed by atoms with Gasteiger partial charge in [0.25, 0.3) is 11.8 Å². The Balaban J connectivity index is 0.000000351. The Morgan fingerprint density at radius 1 is 0.917 bits per heavy atom. The van der Waals surface area contributed by atoms with Gasteiger partial charge in [0, 0.05) is 0 Å². The molecule has 24 heavy (non-hydrogen) atoms. The number of aliphatic hydroxyl groups excluding tert-OH is 1. The number of amides is 2. The molecule has 0 aromatic heterocycles. The van der Waals surface area contributed by atoms with Gasteiger partial charge in [-0.3, -0.25) is 14.5 Å². The van der Waals surface area contributed by atoms with Crippen LogP contribution in [0, 0.1) is 0 Å². The number of fused-ring (bicyclic) bond motifs is 1. The SMILES string of the molecule is CC(C)=C(F)CN1C(=O)c2ccccc2C1=O.CC(C)=C(F)CO. The fraction of sp³-hybridized carbons (Fsp3) is 0.333. The number of hydrogen-bond donors (Lipinski definition) is 1. The van der Waals surface area contributed by atoms with Crippen LogP contribution in [0.15, 0.2) is 47.1 Å². The van der Waals surface area contributed by atoms with Crippen molar-refractivity contribution in [3.8, 4) is 0 Å². The predicted octanol–water partition coefficient (Wildman–Crippen LogP) is 3.79. The monoisotopic (exact) mass is 337 g/mol. The minimum Gasteiger partial charge on any atom is -0.389 e. The number of rotatable bonds is 3. The maximum atomic E-state index is 13.5. The first-order valence-corrected chi connectivity index (χ1v) is 7.40. The van der Waals surface area contributed by atoms with Crippen molar-refractivity contribution in [1.82, 2.24) is 4.90 Å². The molecule has 1 aliphatic rings. The summed E-state index contributed by atoms with van der Waals surface area (Å²) in [5, 5.41) is 8.07. The number of benzene rings is 1. The maximum Gasteiger partial charge on any atom is 0.261 e. The number of allylic oxidation sites excluding steroid dienone is 2. The average Bonchev–Trinajstić information content (AvgIpc) is 2.79. The maximum absolute atomic E-state index is 13.5. The van der Waals surface area contributed by atoms with Crippen LogP contribution in [-0.2, 0) is 0 Å². The van der Waals surface area contributed by atoms with Crippen LogP contribution in [0.3, 0.4) is 0 Å². The van der Waals surface area contributed by atoms with Crippen LogP contribution in [0.25, 0.3) is 0 Å². The van der Waals surface area contributed by atoms with Crippen molar-refractivity contribution in [3.05, 3.63) is 58.2 Å². The first kappa shape index (κ1) is 19.7. The van der Waals surface area contributed by atoms with E-state index >= 15 is 0 Å². The van der Waals surface area contributed by atoms with E-state index in [2.05, 4.69) is 0 Å². The van der Waals surface area contributed by atoms with E-state index < -0.39 is 30.1 Å². The zero-order chi connectivity index (χ0) is 18.4. The highest BCUT2D eigenvalue weighted by molar-refractivity contribution is 6.21. The second kappa shape index (κ2) is 8.49. The number of nitrogens with zero attached hydrogens (tertiary/aromatic N) is 1. The van der Waals surface area contributed by atoms with Gasteiger partial charge in [-0.05, 0) is 51.0 Å². The summed E-state index contributed by atoms with van der Waals surface area (Å²) in [6.07, 6.45) is 0. The van der Waals surface area contributed by atoms with Crippen molar-refractivity contribution in [2.24, 2.45) is 0 Å². The van der Waals surface area contributed by atoms with Gasteiger partial charge < -0.3 is 5.11 Å². The van der Waals surface area contributed by atoms with E-state index in [0.29, 0.717) is 22.3 Å². The van der Waals surface area contributed by atoms with Gasteiger partial charge >= 0.3 is 0 Å². The average molecular weight is 337 g/mol. The Morgan fingerprint density at radius 2 is 1.33 bits per heavy atom. The van der Waals surface area contributed by atoms with Crippen LogP contribution in [0.5, 0.6) is 0 Å². The predicted molar refractivity (Wildman–Crippen MR) is 87.9 cm³/mol. The molecule has 0 radical (unpaired) electrons. The lowest BCUT2D eigenvalue weighted by Gasteiger charge is -2.12. The lowest BCUT2D eigenvalue weighted by Crippen LogP contribution is -2.31. The molecule has 1 aromatic carbocycles. The van der Waals surface area contributed by atoms with Crippen LogP contribution < -0.4 is 0 Å². The zero-order valence-corrected chi connectivity index (χ0v) is 14.2. The van der Waals surface area contributed by atoms with Crippen molar-refractivity contribution < 1.29 is 23.5 Å². The molecule has 1 aromatic rings. The van der Waals surface area contributed by atoms with Crippen molar-refractivity contribution in [1.29, 1.82) is 0 Å². The van der Waals surface area contributed by atoms with Crippen molar-refractivity contribution in [2.45, 2.75) is 27.7 Å². The lowest BCUT2D eigenvalue weighted by atomic mass is 10.1. The Kier molecular flexibility index (Phi) is 6.97. The molecular weight excluding hydrogens is 316 g/mol. The van der Waals surface area contributed by atoms with E-state index in [1.807, 2.05) is 0 Å². The van der Waals surface area contributed by atoms with Gasteiger partial charge in [0.15, 0.2) is 0 Å². The molecule has 0 fully saturated rings. The van der Waals surface area contributed by atoms with Crippen LogP contribution in [0.4, 0.5) is 8.78 Å². The summed E-state index contributed by atoms with van der Waals surface area (Å²) in [6, 6.07) is 6.53. The Bertz CT molecular complexity index is 665. The smallest absolute Gasteiger partial charge is 0.261 e. The number of hydrogen-bond acceptors (Lipinski definition) is 3. The molecule has 0 saturated heterocycles. The highest BCUT2D eigenvalue weighted by atomic mass is 19.1. The van der Waals surface area contributed by atoms with Crippen molar-refractivity contribution in [2.75, 3.05) is 13.2 Å². The summed E-state index contributed by atoms with van der Waals surface area (Å²) in [4.78, 5) is 24.7. The lowest BCUT2D eigenvalue weighted by molar-refractivity contribution is 0.0659. The minimum absolute atomic E-state index is 0.283. The molecule has 0 atom stereocenters. The summed E-state index contributed by atoms with van der Waals surface area (Å²) in [5.41, 5.74) is 1.71. The Hall–Kier alpha value is -2.34. The fourth-order valence-electron chi connectivity index (χ4n) is 1.84. The van der Waals surface area contributed by atoms with Crippen LogP contribution in [0.1, 0.15) is 48.4 Å². The van der Waals surface area contributed by atoms with Crippen LogP contribution in [-0.4, -0.2) is 35.0 Å². The van der Waals surface area contributed by atoms with Crippen LogP contribution >= 0.6 is 0 Å². The van der Waals surface area contributed by atoms with E-state index in [1.165, 1.54) is 0 Å². The van der Waals surface area contributed by atoms with Gasteiger partial charge in [-0.1, -0.05) is 12.1 Å². The highest BCUT2D eigenvalue weighted by Gasteiger charge is 2.35. The molecule has 0 saturated carbocycles. The minimum atomic E-state index is -0.470. The Labute approximate surface area is 140 Å². The van der Waals surface area contributed by atoms with Gasteiger partial charge in [-0.15, -0.1) is 0 Å². The van der Waals surface area contributed by atoms with Gasteiger partial charge in [0.05, 0.1) is 24.3 Å². The molecule has 1 N–H and O–H groups in total. The Morgan fingerprint density at radius 3 is 1.62 bits per heavy atom. The van der Waals surface area contributed by atoms with E-state index in [-0.39, 0.29) is 6.54 Å². The normalized spacial score (nSPS) is 12.4. The summed E-state index contributed by atoms with van der Waals surface area (Å²) in [6.45, 7) is 5.69. The molecule has 2 amide bonds. The highest BCUT2D eigenvalue weighted by Crippen LogP contribution is 2.23. The van der Waals surface area contributed by atoms with Crippen molar-refractivity contribution >= 4 is 11.8 Å². The molecule has 2 rings (SSSR count). The topological polar surface area (TPSA) is 57.6 Å². The second-order valence-electron chi connectivity index (χ2n) is 5.71. The molecule has 0 aliphatic carbocycles. The number of carbonyl (C=O) groups excluding carboxylic acids is 2. The molecule has 0 unspecified atom stereocenters. The molecule has 1 heterocycles. The molecule has 0 bridgehead atoms. The van der Waals surface area contributed by atoms with Gasteiger partial charge in [-0.2, -0.15) is 0 Å². The third-order valence-electron chi connectivity index (χ3n) is 3.40. The van der Waals surface area contributed by atoms with Gasteiger partial charge in [0.2, 0.25) is 0 Å². The second-order valence-corrected chi connectivity index (χ2v) is 5.71. The molecule has 0 spiro atoms. The molecule has 130 valence electrons. The number of aliphatic hydroxyl groups is 1. The largest absolute Gasteiger partial charge is 0.389 e. The van der Waals surface area contributed by atoms with E-state index in [9.17, 15) is 18.4 Å². The van der Waals surface area contributed by atoms with Gasteiger partial charge in [-0.25, -0.2) is 8.78 Å². The molecular formula is C18H21F2NO3. The van der Waals surface area contributed by atoms with E-state index in [4.69, 9.17) is 5.11 Å². The third kappa shape index (κ3) is 4.58. The summed E-state index contributed by atoms with van der Waals surface area (Å²) in [7, 11) is 0. The fourth-order valence-corrected chi connectivity index (χ4v) is 1.84. The van der Waals surface area contributed by atoms with Gasteiger partial charge in [0.1, 0.15) is 11.7 Å². The zero-order valence-electron chi connectivity index (χ0n) is 14.2. The standard InChI is InChI=1S/C13H12FNO2.C5H9FO/c1-8(2)11(14)7-15-12(16)9-5-3-4-6-10(9)13(15)17;1-4(2)5(6)3-7/h3-6H,7H2,1-2H3;7H,3H2,1-2H3. The number of carbonyl (C=O) groups is 2. The quantitative estimate of drug-likeness (QED) is 0.854. The first-order valence-electron chi connectivity index (χ1n) is 7.40. The number of halogens is 2. The van der Waals surface area contributed by atoms with E-state index in [0.717, 1.165) is 4.90 Å². The summed E-state index contributed by atoms with van der Waals surface area (Å²) >= 11 is 0. The first-order chi connectivity index (χ1) is 11.2. The third-order valence-corrected chi connectivity index (χ3v) is 3.40. The summed E-state index contributed by atoms with van der Waals surface area (Å²) in [5.74, 6) is -1.73. The molecule has 6 heteroatoms. The number of imide groups is 1. The van der Waals surface area contributed by atoms with Crippen molar-refractivity contribution in [3.63, 3.8) is 0 Å². The molecule has 1 aliphatic heterocycles. The summed E-state index contributed by atoms with van der Waals surface area (Å²) < 4.78 is 25.4.